The zero-order valence-electron chi connectivity index (χ0n) is 23.2. The van der Waals surface area contributed by atoms with Crippen molar-refractivity contribution >= 4 is 100 Å². The summed E-state index contributed by atoms with van der Waals surface area (Å²) in [5.41, 5.74) is 0. The van der Waals surface area contributed by atoms with Crippen LogP contribution in [0.4, 0.5) is 0 Å². The van der Waals surface area contributed by atoms with Crippen molar-refractivity contribution in [2.75, 3.05) is 27.8 Å². The Labute approximate surface area is 291 Å². The first kappa shape index (κ1) is 34.0. The minimum absolute atomic E-state index is 0.124. The molecule has 2 aromatic carbocycles. The SMILES string of the molecule is CO[C@H]1O[C@@H]2COC(C)(C)O[C@H]2[C@@H]2O[P-]34(Oc5c(Cl)c(Cl)c(Cl)c(Cl)c5O3)(Oc3c(Cl)c(Cl)c(Cl)c(Cl)c3O4)O[C@H]12.C[NH2+]C. The van der Waals surface area contributed by atoms with Crippen LogP contribution in [0, 0.1) is 0 Å². The summed E-state index contributed by atoms with van der Waals surface area (Å²) in [5, 5.41) is 0.524. The van der Waals surface area contributed by atoms with Crippen LogP contribution >= 0.6 is 100 Å². The molecule has 1 spiro atoms. The third kappa shape index (κ3) is 4.70. The van der Waals surface area contributed by atoms with Gasteiger partial charge >= 0.3 is 273 Å². The van der Waals surface area contributed by atoms with E-state index in [4.69, 9.17) is 139 Å². The molecule has 2 N–H and O–H groups in total. The van der Waals surface area contributed by atoms with Gasteiger partial charge in [0, 0.05) is 0 Å². The maximum Gasteiger partial charge on any atom is 0.0647 e. The number of quaternary nitrogens is 1. The Balaban J connectivity index is 0.00000110. The van der Waals surface area contributed by atoms with Crippen molar-refractivity contribution in [1.82, 2.24) is 0 Å². The van der Waals surface area contributed by atoms with E-state index in [2.05, 4.69) is 0 Å². The number of benzene rings is 2. The van der Waals surface area contributed by atoms with Crippen molar-refractivity contribution in [3.05, 3.63) is 40.2 Å². The molecule has 2 aromatic rings. The topological polar surface area (TPSA) is 109 Å². The van der Waals surface area contributed by atoms with Gasteiger partial charge in [-0.2, -0.15) is 0 Å². The molecule has 0 radical (unpaired) electrons. The predicted octanol–water partition coefficient (Wildman–Crippen LogP) is 7.85. The molecule has 5 atom stereocenters. The standard InChI is InChI=1S/C22H16Cl8O10P.C2H7N/c1-22(2)32-4-5-14(34-22)19-20(21(31-3)33-5)40-41(39-19,35-15-10(27)6(23)7(24)11(28)16(15)36-41)37-17-12(29)8(25)9(26)13(30)18(17)38-41;1-3-2/h5,14,19-21H,4H2,1-3H3;3H,1-2H3/q-1;/p+1/t5-,14-,19+,20+,21+;/m1./s1. The van der Waals surface area contributed by atoms with E-state index < -0.39 is 43.8 Å². The molecular formula is C24H24Cl8NO10P. The Morgan fingerprint density at radius 1 is 0.659 bits per heavy atom. The molecule has 0 amide bonds. The first-order valence-corrected chi connectivity index (χ1v) is 18.1. The number of fused-ring (bicyclic) bond motifs is 5. The first-order valence-electron chi connectivity index (χ1n) is 12.8. The Morgan fingerprint density at radius 2 is 1.05 bits per heavy atom. The quantitative estimate of drug-likeness (QED) is 0.174. The van der Waals surface area contributed by atoms with E-state index in [1.54, 1.807) is 13.8 Å². The van der Waals surface area contributed by atoms with Crippen LogP contribution in [0.5, 0.6) is 23.0 Å². The summed E-state index contributed by atoms with van der Waals surface area (Å²) in [6, 6.07) is 0. The third-order valence-corrected chi connectivity index (χ3v) is 14.1. The van der Waals surface area contributed by atoms with Crippen LogP contribution in [0.3, 0.4) is 0 Å². The number of rotatable bonds is 1. The molecular weight excluding hydrogens is 777 g/mol. The largest absolute Gasteiger partial charge is 0.351 e. The first-order chi connectivity index (χ1) is 20.5. The van der Waals surface area contributed by atoms with Gasteiger partial charge in [-0.1, -0.05) is 0 Å². The summed E-state index contributed by atoms with van der Waals surface area (Å²) in [6.45, 7) is 3.57. The average molecular weight is 801 g/mol. The number of ether oxygens (including phenoxy) is 4. The second-order valence-electron chi connectivity index (χ2n) is 10.6. The van der Waals surface area contributed by atoms with E-state index in [0.29, 0.717) is 0 Å². The maximum atomic E-state index is 6.67. The van der Waals surface area contributed by atoms with Gasteiger partial charge < -0.3 is 5.32 Å². The molecule has 7 rings (SSSR count). The van der Waals surface area contributed by atoms with Gasteiger partial charge in [-0.05, 0) is 0 Å². The molecule has 3 saturated heterocycles. The van der Waals surface area contributed by atoms with Gasteiger partial charge in [-0.25, -0.2) is 0 Å². The number of halogens is 8. The summed E-state index contributed by atoms with van der Waals surface area (Å²) in [6.07, 6.45) is -4.92. The fraction of sp³-hybridized carbons (Fsp3) is 0.500. The van der Waals surface area contributed by atoms with E-state index in [1.807, 2.05) is 19.4 Å². The smallest absolute Gasteiger partial charge is 0.0647 e. The summed E-state index contributed by atoms with van der Waals surface area (Å²) < 4.78 is 62.5. The van der Waals surface area contributed by atoms with Crippen LogP contribution < -0.4 is 23.4 Å². The van der Waals surface area contributed by atoms with E-state index in [-0.39, 0.29) is 69.8 Å². The van der Waals surface area contributed by atoms with E-state index in [1.165, 1.54) is 7.11 Å². The fourth-order valence-electron chi connectivity index (χ4n) is 5.28. The molecule has 5 aliphatic heterocycles. The normalized spacial score (nSPS) is 32.1. The Bertz CT molecular complexity index is 1430. The van der Waals surface area contributed by atoms with Gasteiger partial charge in [0.1, 0.15) is 0 Å². The molecule has 0 aliphatic carbocycles. The summed E-state index contributed by atoms with van der Waals surface area (Å²) in [7, 11) is -1.32. The van der Waals surface area contributed by atoms with Crippen molar-refractivity contribution < 1.29 is 51.4 Å². The van der Waals surface area contributed by atoms with Gasteiger partial charge in [0.15, 0.2) is 0 Å². The van der Waals surface area contributed by atoms with Crippen molar-refractivity contribution in [3.8, 4) is 23.0 Å². The van der Waals surface area contributed by atoms with E-state index in [0.717, 1.165) is 0 Å². The molecule has 44 heavy (non-hydrogen) atoms. The van der Waals surface area contributed by atoms with Gasteiger partial charge in [0.25, 0.3) is 0 Å². The van der Waals surface area contributed by atoms with Gasteiger partial charge in [0.2, 0.25) is 0 Å². The zero-order valence-corrected chi connectivity index (χ0v) is 30.2. The minimum Gasteiger partial charge on any atom is -0.351 e. The maximum absolute atomic E-state index is 6.71. The van der Waals surface area contributed by atoms with Gasteiger partial charge in [-0.3, -0.25) is 0 Å². The molecule has 3 fully saturated rings. The van der Waals surface area contributed by atoms with Crippen LogP contribution in [0.15, 0.2) is 0 Å². The molecule has 0 aromatic heterocycles. The second kappa shape index (κ2) is 10.8. The predicted molar refractivity (Wildman–Crippen MR) is 166 cm³/mol. The molecule has 11 nitrogen and oxygen atoms in total. The van der Waals surface area contributed by atoms with Crippen molar-refractivity contribution in [2.45, 2.75) is 50.3 Å². The summed E-state index contributed by atoms with van der Waals surface area (Å²) >= 11 is 51.6. The van der Waals surface area contributed by atoms with Crippen molar-refractivity contribution in [3.63, 3.8) is 0 Å². The molecule has 0 unspecified atom stereocenters. The van der Waals surface area contributed by atoms with Crippen LogP contribution in [-0.2, 0) is 28.0 Å². The molecule has 0 bridgehead atoms. The Hall–Kier alpha value is 0.110. The van der Waals surface area contributed by atoms with Crippen LogP contribution in [-0.4, -0.2) is 64.3 Å². The Kier molecular flexibility index (Phi) is 8.35. The van der Waals surface area contributed by atoms with Crippen LogP contribution in [0.1, 0.15) is 13.8 Å². The molecule has 5 heterocycles. The molecule has 0 saturated carbocycles. The summed E-state index contributed by atoms with van der Waals surface area (Å²) in [5.74, 6) is -2.11. The molecule has 246 valence electrons. The molecule has 5 aliphatic rings. The minimum atomic E-state index is -6.71. The number of hydrogen-bond donors (Lipinski definition) is 1. The van der Waals surface area contributed by atoms with Crippen LogP contribution in [0.25, 0.3) is 0 Å². The Morgan fingerprint density at radius 3 is 1.43 bits per heavy atom. The molecule has 20 heteroatoms. The van der Waals surface area contributed by atoms with Crippen molar-refractivity contribution in [1.29, 1.82) is 0 Å². The monoisotopic (exact) mass is 797 g/mol. The summed E-state index contributed by atoms with van der Waals surface area (Å²) in [4.78, 5) is 0. The van der Waals surface area contributed by atoms with Gasteiger partial charge in [0.05, 0.1) is 14.1 Å². The van der Waals surface area contributed by atoms with Crippen LogP contribution in [0.2, 0.25) is 40.2 Å². The second-order valence-corrected chi connectivity index (χ2v) is 17.0. The number of hydrogen-bond acceptors (Lipinski definition) is 10. The third-order valence-electron chi connectivity index (χ3n) is 6.99. The fourth-order valence-corrected chi connectivity index (χ4v) is 11.5. The zero-order chi connectivity index (χ0) is 32.2. The van der Waals surface area contributed by atoms with E-state index in [9.17, 15) is 0 Å². The number of methoxy groups -OCH3 is 1. The van der Waals surface area contributed by atoms with Crippen molar-refractivity contribution in [2.24, 2.45) is 0 Å². The average Bonchev–Trinajstić information content (AvgIpc) is 3.59. The van der Waals surface area contributed by atoms with Gasteiger partial charge in [-0.15, -0.1) is 0 Å². The number of nitrogens with two attached hydrogens (primary N) is 1. The van der Waals surface area contributed by atoms with E-state index >= 15 is 0 Å².